The number of ether oxygens (including phenoxy) is 1. The number of likely N-dealkylation sites (tertiary alicyclic amines) is 1. The van der Waals surface area contributed by atoms with Crippen molar-refractivity contribution < 1.29 is 4.74 Å². The van der Waals surface area contributed by atoms with Gasteiger partial charge in [-0.2, -0.15) is 0 Å². The summed E-state index contributed by atoms with van der Waals surface area (Å²) >= 11 is 0. The van der Waals surface area contributed by atoms with Crippen molar-refractivity contribution in [3.8, 4) is 0 Å². The Balaban J connectivity index is 2.33. The molecule has 1 aliphatic heterocycles. The van der Waals surface area contributed by atoms with Gasteiger partial charge in [-0.25, -0.2) is 0 Å². The summed E-state index contributed by atoms with van der Waals surface area (Å²) in [4.78, 5) is 2.56. The monoisotopic (exact) mass is 214 g/mol. The Hall–Kier alpha value is -0.120. The van der Waals surface area contributed by atoms with Crippen molar-refractivity contribution in [2.45, 2.75) is 32.7 Å². The van der Waals surface area contributed by atoms with Gasteiger partial charge in [-0.3, -0.25) is 0 Å². The Morgan fingerprint density at radius 1 is 1.47 bits per heavy atom. The van der Waals surface area contributed by atoms with E-state index < -0.39 is 0 Å². The van der Waals surface area contributed by atoms with Crippen LogP contribution < -0.4 is 5.32 Å². The van der Waals surface area contributed by atoms with Crippen LogP contribution in [0.4, 0.5) is 0 Å². The van der Waals surface area contributed by atoms with Gasteiger partial charge in [0, 0.05) is 32.8 Å². The molecular formula is C12H26N2O. The molecule has 1 N–H and O–H groups in total. The molecule has 1 rings (SSSR count). The first-order valence-electron chi connectivity index (χ1n) is 5.98. The van der Waals surface area contributed by atoms with E-state index in [2.05, 4.69) is 31.1 Å². The lowest BCUT2D eigenvalue weighted by atomic mass is 9.79. The van der Waals surface area contributed by atoms with Crippen molar-refractivity contribution in [2.24, 2.45) is 5.41 Å². The molecule has 1 aliphatic rings. The fourth-order valence-electron chi connectivity index (χ4n) is 2.63. The van der Waals surface area contributed by atoms with E-state index in [4.69, 9.17) is 4.74 Å². The van der Waals surface area contributed by atoms with Gasteiger partial charge in [0.15, 0.2) is 0 Å². The highest BCUT2D eigenvalue weighted by molar-refractivity contribution is 4.90. The third kappa shape index (κ3) is 3.74. The summed E-state index contributed by atoms with van der Waals surface area (Å²) in [6.07, 6.45) is 2.41. The van der Waals surface area contributed by atoms with Gasteiger partial charge in [-0.1, -0.05) is 13.8 Å². The molecule has 0 amide bonds. The van der Waals surface area contributed by atoms with Gasteiger partial charge in [-0.15, -0.1) is 0 Å². The van der Waals surface area contributed by atoms with Gasteiger partial charge < -0.3 is 15.0 Å². The Labute approximate surface area is 94.2 Å². The summed E-state index contributed by atoms with van der Waals surface area (Å²) in [7, 11) is 3.85. The largest absolute Gasteiger partial charge is 0.385 e. The number of rotatable bonds is 5. The lowest BCUT2D eigenvalue weighted by Gasteiger charge is -2.44. The molecule has 1 unspecified atom stereocenters. The van der Waals surface area contributed by atoms with Gasteiger partial charge in [0.1, 0.15) is 0 Å². The zero-order valence-electron chi connectivity index (χ0n) is 10.7. The summed E-state index contributed by atoms with van der Waals surface area (Å²) in [5.41, 5.74) is 0.389. The lowest BCUT2D eigenvalue weighted by Crippen LogP contribution is -2.53. The van der Waals surface area contributed by atoms with Gasteiger partial charge in [0.25, 0.3) is 0 Å². The van der Waals surface area contributed by atoms with Crippen molar-refractivity contribution in [3.63, 3.8) is 0 Å². The van der Waals surface area contributed by atoms with Crippen molar-refractivity contribution in [2.75, 3.05) is 40.4 Å². The summed E-state index contributed by atoms with van der Waals surface area (Å²) in [5.74, 6) is 0. The van der Waals surface area contributed by atoms with Gasteiger partial charge in [-0.05, 0) is 31.8 Å². The van der Waals surface area contributed by atoms with E-state index >= 15 is 0 Å². The van der Waals surface area contributed by atoms with Gasteiger partial charge >= 0.3 is 0 Å². The highest BCUT2D eigenvalue weighted by Gasteiger charge is 2.34. The van der Waals surface area contributed by atoms with Crippen LogP contribution in [0.1, 0.15) is 26.7 Å². The molecule has 3 nitrogen and oxygen atoms in total. The first-order chi connectivity index (χ1) is 7.10. The average Bonchev–Trinajstić information content (AvgIpc) is 2.17. The molecule has 0 aliphatic carbocycles. The Morgan fingerprint density at radius 2 is 2.20 bits per heavy atom. The maximum Gasteiger partial charge on any atom is 0.0474 e. The van der Waals surface area contributed by atoms with E-state index in [-0.39, 0.29) is 0 Å². The molecule has 0 saturated carbocycles. The minimum atomic E-state index is 0.389. The van der Waals surface area contributed by atoms with E-state index in [1.165, 1.54) is 26.1 Å². The molecule has 0 radical (unpaired) electrons. The molecule has 0 aromatic carbocycles. The van der Waals surface area contributed by atoms with Crippen molar-refractivity contribution in [3.05, 3.63) is 0 Å². The Kier molecular flexibility index (Phi) is 5.03. The molecule has 1 heterocycles. The zero-order valence-corrected chi connectivity index (χ0v) is 10.7. The van der Waals surface area contributed by atoms with E-state index in [9.17, 15) is 0 Å². The maximum absolute atomic E-state index is 5.09. The predicted molar refractivity (Wildman–Crippen MR) is 64.2 cm³/mol. The lowest BCUT2D eigenvalue weighted by molar-refractivity contribution is 0.0733. The number of hydrogen-bond acceptors (Lipinski definition) is 3. The van der Waals surface area contributed by atoms with Crippen molar-refractivity contribution in [1.82, 2.24) is 10.2 Å². The van der Waals surface area contributed by atoms with Crippen molar-refractivity contribution >= 4 is 0 Å². The molecule has 15 heavy (non-hydrogen) atoms. The smallest absolute Gasteiger partial charge is 0.0474 e. The van der Waals surface area contributed by atoms with Gasteiger partial charge in [0.2, 0.25) is 0 Å². The topological polar surface area (TPSA) is 24.5 Å². The number of nitrogens with one attached hydrogen (secondary N) is 1. The molecule has 1 fully saturated rings. The molecule has 0 aromatic rings. The molecule has 90 valence electrons. The Bertz CT molecular complexity index is 180. The van der Waals surface area contributed by atoms with E-state index in [1.54, 1.807) is 7.11 Å². The summed E-state index contributed by atoms with van der Waals surface area (Å²) in [6.45, 7) is 9.19. The van der Waals surface area contributed by atoms with Crippen LogP contribution in [0.15, 0.2) is 0 Å². The van der Waals surface area contributed by atoms with E-state index in [0.717, 1.165) is 13.0 Å². The molecule has 1 atom stereocenters. The van der Waals surface area contributed by atoms with Crippen LogP contribution in [0.3, 0.4) is 0 Å². The molecule has 1 saturated heterocycles. The number of hydrogen-bond donors (Lipinski definition) is 1. The molecule has 0 bridgehead atoms. The summed E-state index contributed by atoms with van der Waals surface area (Å²) in [6, 6.07) is 0.663. The quantitative estimate of drug-likeness (QED) is 0.699. The highest BCUT2D eigenvalue weighted by Crippen LogP contribution is 2.28. The Morgan fingerprint density at radius 3 is 2.73 bits per heavy atom. The van der Waals surface area contributed by atoms with Crippen LogP contribution in [0, 0.1) is 5.41 Å². The first-order valence-corrected chi connectivity index (χ1v) is 5.98. The number of nitrogens with zero attached hydrogens (tertiary/aromatic N) is 1. The van der Waals surface area contributed by atoms with Crippen LogP contribution >= 0.6 is 0 Å². The second-order valence-corrected chi connectivity index (χ2v) is 5.24. The van der Waals surface area contributed by atoms with Crippen LogP contribution in [-0.4, -0.2) is 51.3 Å². The van der Waals surface area contributed by atoms with Crippen LogP contribution in [0.5, 0.6) is 0 Å². The highest BCUT2D eigenvalue weighted by atomic mass is 16.5. The standard InChI is InChI=1S/C12H26N2O/c1-12(2)10-14(7-5-9-15-4)8-6-11(12)13-3/h11,13H,5-10H2,1-4H3. The normalized spacial score (nSPS) is 26.8. The SMILES string of the molecule is CNC1CCN(CCCOC)CC1(C)C. The fraction of sp³-hybridized carbons (Fsp3) is 1.00. The summed E-state index contributed by atoms with van der Waals surface area (Å²) < 4.78 is 5.09. The molecule has 3 heteroatoms. The van der Waals surface area contributed by atoms with Gasteiger partial charge in [0.05, 0.1) is 0 Å². The zero-order chi connectivity index (χ0) is 11.3. The molecular weight excluding hydrogens is 188 g/mol. The van der Waals surface area contributed by atoms with Crippen LogP contribution in [0.2, 0.25) is 0 Å². The molecule has 0 spiro atoms. The molecule has 0 aromatic heterocycles. The van der Waals surface area contributed by atoms with Crippen LogP contribution in [-0.2, 0) is 4.74 Å². The predicted octanol–water partition coefficient (Wildman–Crippen LogP) is 1.34. The first kappa shape index (κ1) is 12.9. The third-order valence-electron chi connectivity index (χ3n) is 3.48. The maximum atomic E-state index is 5.09. The number of methoxy groups -OCH3 is 1. The second-order valence-electron chi connectivity index (χ2n) is 5.24. The van der Waals surface area contributed by atoms with E-state index in [0.29, 0.717) is 11.5 Å². The van der Waals surface area contributed by atoms with E-state index in [1.807, 2.05) is 0 Å². The fourth-order valence-corrected chi connectivity index (χ4v) is 2.63. The summed E-state index contributed by atoms with van der Waals surface area (Å²) in [5, 5.41) is 3.43. The second kappa shape index (κ2) is 5.83. The number of piperidine rings is 1. The average molecular weight is 214 g/mol. The third-order valence-corrected chi connectivity index (χ3v) is 3.48. The van der Waals surface area contributed by atoms with Crippen molar-refractivity contribution in [1.29, 1.82) is 0 Å². The van der Waals surface area contributed by atoms with Crippen LogP contribution in [0.25, 0.3) is 0 Å². The minimum absolute atomic E-state index is 0.389. The minimum Gasteiger partial charge on any atom is -0.385 e.